The number of benzene rings is 1. The molecule has 0 bridgehead atoms. The lowest BCUT2D eigenvalue weighted by atomic mass is 10.2. The molecule has 0 saturated heterocycles. The monoisotopic (exact) mass is 359 g/mol. The molecule has 0 fully saturated rings. The van der Waals surface area contributed by atoms with Gasteiger partial charge in [0.15, 0.2) is 5.13 Å². The molecule has 0 saturated carbocycles. The van der Waals surface area contributed by atoms with Gasteiger partial charge in [-0.05, 0) is 25.0 Å². The molecule has 2 aromatic rings. The van der Waals surface area contributed by atoms with Gasteiger partial charge in [-0.15, -0.1) is 0 Å². The minimum absolute atomic E-state index is 0.0317. The molecule has 1 aromatic carbocycles. The zero-order chi connectivity index (χ0) is 16.6. The van der Waals surface area contributed by atoms with Crippen molar-refractivity contribution in [1.82, 2.24) is 10.3 Å². The first kappa shape index (κ1) is 15.8. The second-order valence-corrected chi connectivity index (χ2v) is 7.48. The number of fused-ring (bicyclic) bond motifs is 1. The second kappa shape index (κ2) is 5.85. The summed E-state index contributed by atoms with van der Waals surface area (Å²) in [5.74, 6) is -2.39. The number of nitrogens with zero attached hydrogens (tertiary/aromatic N) is 1. The third-order valence-corrected chi connectivity index (χ3v) is 5.70. The van der Waals surface area contributed by atoms with E-state index in [1.54, 1.807) is 0 Å². The van der Waals surface area contributed by atoms with Gasteiger partial charge in [0.2, 0.25) is 0 Å². The van der Waals surface area contributed by atoms with Crippen LogP contribution in [0.2, 0.25) is 0 Å². The summed E-state index contributed by atoms with van der Waals surface area (Å²) in [4.78, 5) is 15.6. The molecule has 1 amide bonds. The van der Waals surface area contributed by atoms with Crippen molar-refractivity contribution in [3.63, 3.8) is 0 Å². The van der Waals surface area contributed by atoms with Crippen molar-refractivity contribution in [3.05, 3.63) is 40.4 Å². The van der Waals surface area contributed by atoms with Crippen LogP contribution in [0.5, 0.6) is 0 Å². The number of aromatic nitrogens is 1. The van der Waals surface area contributed by atoms with Crippen molar-refractivity contribution in [1.29, 1.82) is 0 Å². The Labute approximate surface area is 134 Å². The van der Waals surface area contributed by atoms with E-state index in [0.29, 0.717) is 36.0 Å². The van der Waals surface area contributed by atoms with Crippen molar-refractivity contribution in [2.75, 3.05) is 11.3 Å². The highest BCUT2D eigenvalue weighted by Crippen LogP contribution is 2.28. The fraction of sp³-hybridized carbons (Fsp3) is 0.231. The van der Waals surface area contributed by atoms with Crippen LogP contribution in [0.1, 0.15) is 21.8 Å². The maximum atomic E-state index is 13.7. The van der Waals surface area contributed by atoms with Crippen LogP contribution in [0.25, 0.3) is 0 Å². The predicted molar refractivity (Wildman–Crippen MR) is 79.9 cm³/mol. The van der Waals surface area contributed by atoms with Crippen molar-refractivity contribution >= 4 is 32.4 Å². The van der Waals surface area contributed by atoms with E-state index in [0.717, 1.165) is 23.5 Å². The van der Waals surface area contributed by atoms with Crippen molar-refractivity contribution < 1.29 is 22.0 Å². The molecule has 23 heavy (non-hydrogen) atoms. The summed E-state index contributed by atoms with van der Waals surface area (Å²) >= 11 is 0.877. The molecule has 0 aliphatic carbocycles. The molecule has 2 heterocycles. The summed E-state index contributed by atoms with van der Waals surface area (Å²) in [5.41, 5.74) is 0.502. The van der Waals surface area contributed by atoms with Gasteiger partial charge in [0.05, 0.1) is 5.69 Å². The number of carbonyl (C=O) groups excluding carboxylic acids is 1. The Bertz CT molecular complexity index is 881. The summed E-state index contributed by atoms with van der Waals surface area (Å²) < 4.78 is 53.0. The molecule has 10 heteroatoms. The lowest BCUT2D eigenvalue weighted by Crippen LogP contribution is -2.21. The van der Waals surface area contributed by atoms with E-state index >= 15 is 0 Å². The smallest absolute Gasteiger partial charge is 0.266 e. The summed E-state index contributed by atoms with van der Waals surface area (Å²) in [5, 5.41) is 2.64. The van der Waals surface area contributed by atoms with Gasteiger partial charge in [-0.3, -0.25) is 9.52 Å². The summed E-state index contributed by atoms with van der Waals surface area (Å²) in [6.45, 7) is 0.532. The number of nitrogens with one attached hydrogen (secondary N) is 2. The summed E-state index contributed by atoms with van der Waals surface area (Å²) in [6.07, 6.45) is 1.23. The molecule has 6 nitrogen and oxygen atoms in total. The van der Waals surface area contributed by atoms with Gasteiger partial charge >= 0.3 is 0 Å². The fourth-order valence-electron chi connectivity index (χ4n) is 2.14. The van der Waals surface area contributed by atoms with Crippen LogP contribution in [-0.4, -0.2) is 25.9 Å². The predicted octanol–water partition coefficient (Wildman–Crippen LogP) is 1.90. The molecule has 0 spiro atoms. The normalized spacial score (nSPS) is 14.8. The summed E-state index contributed by atoms with van der Waals surface area (Å²) in [6, 6.07) is 2.17. The molecule has 3 rings (SSSR count). The van der Waals surface area contributed by atoms with E-state index in [1.165, 1.54) is 0 Å². The first-order valence-electron chi connectivity index (χ1n) is 6.62. The number of anilines is 1. The Hall–Kier alpha value is -2.07. The molecule has 2 N–H and O–H groups in total. The van der Waals surface area contributed by atoms with Gasteiger partial charge in [0.25, 0.3) is 15.9 Å². The van der Waals surface area contributed by atoms with Gasteiger partial charge in [-0.1, -0.05) is 11.3 Å². The quantitative estimate of drug-likeness (QED) is 0.876. The van der Waals surface area contributed by atoms with E-state index in [9.17, 15) is 22.0 Å². The Morgan fingerprint density at radius 2 is 2.09 bits per heavy atom. The number of hydrogen-bond donors (Lipinski definition) is 2. The molecular formula is C13H11F2N3O3S2. The number of hydrogen-bond acceptors (Lipinski definition) is 5. The van der Waals surface area contributed by atoms with E-state index in [1.807, 2.05) is 0 Å². The second-order valence-electron chi connectivity index (χ2n) is 4.83. The Morgan fingerprint density at radius 3 is 2.83 bits per heavy atom. The number of halogens is 2. The van der Waals surface area contributed by atoms with Crippen molar-refractivity contribution in [2.45, 2.75) is 17.7 Å². The Morgan fingerprint density at radius 1 is 1.30 bits per heavy atom. The zero-order valence-electron chi connectivity index (χ0n) is 11.6. The van der Waals surface area contributed by atoms with Crippen molar-refractivity contribution in [3.8, 4) is 0 Å². The van der Waals surface area contributed by atoms with Crippen LogP contribution in [0.3, 0.4) is 0 Å². The van der Waals surface area contributed by atoms with Gasteiger partial charge in [-0.25, -0.2) is 22.2 Å². The molecule has 1 aromatic heterocycles. The van der Waals surface area contributed by atoms with Crippen LogP contribution < -0.4 is 10.0 Å². The maximum absolute atomic E-state index is 13.7. The first-order valence-corrected chi connectivity index (χ1v) is 8.92. The highest BCUT2D eigenvalue weighted by Gasteiger charge is 2.25. The highest BCUT2D eigenvalue weighted by molar-refractivity contribution is 7.93. The average Bonchev–Trinajstić information content (AvgIpc) is 2.77. The Kier molecular flexibility index (Phi) is 4.02. The highest BCUT2D eigenvalue weighted by atomic mass is 32.2. The van der Waals surface area contributed by atoms with Crippen LogP contribution in [0.15, 0.2) is 23.1 Å². The van der Waals surface area contributed by atoms with Gasteiger partial charge in [0.1, 0.15) is 21.4 Å². The molecule has 0 unspecified atom stereocenters. The van der Waals surface area contributed by atoms with Gasteiger partial charge in [-0.2, -0.15) is 0 Å². The summed E-state index contributed by atoms with van der Waals surface area (Å²) in [7, 11) is -4.26. The van der Waals surface area contributed by atoms with Gasteiger partial charge in [0, 0.05) is 12.6 Å². The topological polar surface area (TPSA) is 88.2 Å². The lowest BCUT2D eigenvalue weighted by Gasteiger charge is -2.06. The first-order chi connectivity index (χ1) is 10.9. The van der Waals surface area contributed by atoms with E-state index in [2.05, 4.69) is 15.0 Å². The number of sulfonamides is 1. The number of thiazole rings is 1. The zero-order valence-corrected chi connectivity index (χ0v) is 13.2. The number of amides is 1. The van der Waals surface area contributed by atoms with Gasteiger partial charge < -0.3 is 5.32 Å². The number of aryl methyl sites for hydroxylation is 1. The van der Waals surface area contributed by atoms with Crippen molar-refractivity contribution in [2.24, 2.45) is 0 Å². The largest absolute Gasteiger partial charge is 0.351 e. The molecule has 0 radical (unpaired) electrons. The SMILES string of the molecule is O=C1NCCCc2nc(NS(=O)(=O)c3ccc(F)cc3F)sc21. The standard InChI is InChI=1S/C13H11F2N3O3S2/c14-7-3-4-10(8(15)6-7)23(20,21)18-13-17-9-2-1-5-16-12(19)11(9)22-13/h3-4,6H,1-2,5H2,(H,16,19)(H,17,18). The van der Waals surface area contributed by atoms with E-state index in [-0.39, 0.29) is 11.0 Å². The third kappa shape index (κ3) is 3.17. The number of rotatable bonds is 3. The Balaban J connectivity index is 1.92. The average molecular weight is 359 g/mol. The molecule has 0 atom stereocenters. The third-order valence-electron chi connectivity index (χ3n) is 3.18. The minimum Gasteiger partial charge on any atom is -0.351 e. The number of carbonyl (C=O) groups is 1. The van der Waals surface area contributed by atoms with Crippen LogP contribution in [0, 0.1) is 11.6 Å². The van der Waals surface area contributed by atoms with Crippen LogP contribution in [-0.2, 0) is 16.4 Å². The van der Waals surface area contributed by atoms with Crippen LogP contribution >= 0.6 is 11.3 Å². The maximum Gasteiger partial charge on any atom is 0.266 e. The fourth-order valence-corrected chi connectivity index (χ4v) is 4.37. The molecule has 1 aliphatic rings. The molecule has 1 aliphatic heterocycles. The minimum atomic E-state index is -4.26. The van der Waals surface area contributed by atoms with E-state index < -0.39 is 26.6 Å². The van der Waals surface area contributed by atoms with Crippen LogP contribution in [0.4, 0.5) is 13.9 Å². The molecule has 122 valence electrons. The van der Waals surface area contributed by atoms with E-state index in [4.69, 9.17) is 0 Å². The lowest BCUT2D eigenvalue weighted by molar-refractivity contribution is 0.0960. The molecular weight excluding hydrogens is 348 g/mol.